The number of carbonyl (C=O) groups is 1. The van der Waals surface area contributed by atoms with Gasteiger partial charge in [-0.2, -0.15) is 0 Å². The molecule has 0 bridgehead atoms. The van der Waals surface area contributed by atoms with Gasteiger partial charge in [-0.05, 0) is 72.9 Å². The third-order valence-corrected chi connectivity index (χ3v) is 8.15. The van der Waals surface area contributed by atoms with Crippen LogP contribution in [0.3, 0.4) is 0 Å². The molecule has 0 radical (unpaired) electrons. The van der Waals surface area contributed by atoms with E-state index in [1.165, 1.54) is 22.3 Å². The first-order chi connectivity index (χ1) is 14.6. The van der Waals surface area contributed by atoms with E-state index < -0.39 is 22.7 Å². The van der Waals surface area contributed by atoms with Crippen LogP contribution in [-0.2, 0) is 41.0 Å². The Morgan fingerprint density at radius 1 is 1.20 bits per heavy atom. The molecular weight excluding hydrogens is 424 g/mol. The maximum atomic E-state index is 12.6. The first-order valence-corrected chi connectivity index (χ1v) is 12.2. The predicted octanol–water partition coefficient (Wildman–Crippen LogP) is 3.02. The fourth-order valence-electron chi connectivity index (χ4n) is 4.20. The molecule has 1 unspecified atom stereocenters. The Morgan fingerprint density at radius 3 is 2.57 bits per heavy atom. The second-order valence-corrected chi connectivity index (χ2v) is 10.2. The fraction of sp³-hybridized carbons (Fsp3) is 0.476. The second-order valence-electron chi connectivity index (χ2n) is 7.53. The minimum absolute atomic E-state index is 0.0408. The Bertz CT molecular complexity index is 994. The number of aryl methyl sites for hydroxylation is 2. The summed E-state index contributed by atoms with van der Waals surface area (Å²) in [6.45, 7) is 0.0706. The van der Waals surface area contributed by atoms with E-state index in [4.69, 9.17) is 9.84 Å². The third kappa shape index (κ3) is 4.60. The normalized spacial score (nSPS) is 17.0. The van der Waals surface area contributed by atoms with Crippen LogP contribution in [0.4, 0.5) is 10.5 Å². The summed E-state index contributed by atoms with van der Waals surface area (Å²) in [5.74, 6) is 0. The molecule has 1 aromatic heterocycles. The van der Waals surface area contributed by atoms with Gasteiger partial charge in [-0.15, -0.1) is 15.7 Å². The van der Waals surface area contributed by atoms with Gasteiger partial charge in [0.05, 0.1) is 34.6 Å². The number of hydrogen-bond acceptors (Lipinski definition) is 6. The highest BCUT2D eigenvalue weighted by Crippen LogP contribution is 2.38. The fourth-order valence-corrected chi connectivity index (χ4v) is 6.18. The highest BCUT2D eigenvalue weighted by molar-refractivity contribution is 7.78. The van der Waals surface area contributed by atoms with E-state index in [1.807, 2.05) is 0 Å². The van der Waals surface area contributed by atoms with Crippen molar-refractivity contribution < 1.29 is 24.0 Å². The van der Waals surface area contributed by atoms with Gasteiger partial charge in [-0.25, -0.2) is 9.00 Å². The van der Waals surface area contributed by atoms with E-state index in [0.717, 1.165) is 55.5 Å². The molecule has 1 aromatic carbocycles. The van der Waals surface area contributed by atoms with Crippen molar-refractivity contribution >= 4 is 33.7 Å². The van der Waals surface area contributed by atoms with Crippen LogP contribution in [0.5, 0.6) is 0 Å². The van der Waals surface area contributed by atoms with Crippen LogP contribution in [0.25, 0.3) is 0 Å². The van der Waals surface area contributed by atoms with Crippen molar-refractivity contribution in [3.8, 4) is 0 Å². The average Bonchev–Trinajstić information content (AvgIpc) is 3.47. The van der Waals surface area contributed by atoms with E-state index >= 15 is 0 Å². The lowest BCUT2D eigenvalue weighted by Gasteiger charge is -2.14. The maximum Gasteiger partial charge on any atom is 0.353 e. The minimum Gasteiger partial charge on any atom is -0.394 e. The van der Waals surface area contributed by atoms with Gasteiger partial charge in [0.2, 0.25) is 0 Å². The molecule has 4 rings (SSSR count). The molecule has 0 fully saturated rings. The number of thiophene rings is 1. The molecule has 9 heteroatoms. The number of ether oxygens (including phenoxy) is 1. The predicted molar refractivity (Wildman–Crippen MR) is 117 cm³/mol. The molecule has 1 heterocycles. The van der Waals surface area contributed by atoms with Crippen molar-refractivity contribution in [2.24, 2.45) is 4.36 Å². The van der Waals surface area contributed by atoms with Crippen molar-refractivity contribution in [1.29, 1.82) is 0 Å². The van der Waals surface area contributed by atoms with Gasteiger partial charge >= 0.3 is 6.03 Å². The highest BCUT2D eigenvalue weighted by Gasteiger charge is 2.25. The zero-order chi connectivity index (χ0) is 21.1. The van der Waals surface area contributed by atoms with E-state index in [2.05, 4.69) is 15.7 Å². The second kappa shape index (κ2) is 9.57. The summed E-state index contributed by atoms with van der Waals surface area (Å²) in [4.78, 5) is 13.1. The van der Waals surface area contributed by atoms with Crippen LogP contribution in [0, 0.1) is 0 Å². The van der Waals surface area contributed by atoms with Gasteiger partial charge in [0.1, 0.15) is 6.10 Å². The van der Waals surface area contributed by atoms with Crippen molar-refractivity contribution in [2.45, 2.75) is 48.8 Å². The molecule has 7 nitrogen and oxygen atoms in total. The summed E-state index contributed by atoms with van der Waals surface area (Å²) in [6.07, 6.45) is 5.30. The zero-order valence-corrected chi connectivity index (χ0v) is 18.3. The molecule has 0 saturated carbocycles. The Morgan fingerprint density at radius 2 is 1.90 bits per heavy atom. The molecule has 2 aromatic rings. The summed E-state index contributed by atoms with van der Waals surface area (Å²) < 4.78 is 22.0. The number of rotatable bonds is 7. The van der Waals surface area contributed by atoms with Crippen molar-refractivity contribution in [3.63, 3.8) is 0 Å². The van der Waals surface area contributed by atoms with Crippen LogP contribution in [-0.4, -0.2) is 40.3 Å². The number of anilines is 1. The number of amides is 2. The smallest absolute Gasteiger partial charge is 0.353 e. The molecule has 2 aliphatic rings. The molecule has 2 amide bonds. The Labute approximate surface area is 181 Å². The van der Waals surface area contributed by atoms with Gasteiger partial charge in [0, 0.05) is 10.6 Å². The lowest BCUT2D eigenvalue weighted by Crippen LogP contribution is -2.11. The molecule has 30 heavy (non-hydrogen) atoms. The summed E-state index contributed by atoms with van der Waals surface area (Å²) in [7, 11) is -2.25. The number of aliphatic hydroxyl groups is 2. The lowest BCUT2D eigenvalue weighted by molar-refractivity contribution is 0.0221. The monoisotopic (exact) mass is 450 g/mol. The van der Waals surface area contributed by atoms with E-state index in [-0.39, 0.29) is 19.8 Å². The summed E-state index contributed by atoms with van der Waals surface area (Å²) in [6, 6.07) is 4.97. The number of hydrogen-bond donors (Lipinski definition) is 4. The summed E-state index contributed by atoms with van der Waals surface area (Å²) in [5, 5.41) is 21.8. The number of urea groups is 1. The maximum absolute atomic E-state index is 12.6. The number of nitrogens with one attached hydrogen (secondary N) is 1. The standard InChI is InChI=1S/C21H26N2O5S2/c24-9-10-28-12-17(25)18-7-8-19(29-18)30(27)23-21(26)22-20-15-5-1-3-13(15)11-14-4-2-6-16(14)20/h7-8,11,17,24-25,30H,1-6,9-10,12H2,(H,22,26)/t17-/m0/s1. The topological polar surface area (TPSA) is 108 Å². The quantitative estimate of drug-likeness (QED) is 0.383. The molecule has 162 valence electrons. The third-order valence-electron chi connectivity index (χ3n) is 5.53. The summed E-state index contributed by atoms with van der Waals surface area (Å²) in [5.41, 5.74) is 5.93. The van der Waals surface area contributed by atoms with E-state index in [0.29, 0.717) is 9.09 Å². The van der Waals surface area contributed by atoms with Crippen LogP contribution in [0.1, 0.15) is 46.1 Å². The van der Waals surface area contributed by atoms with Crippen molar-refractivity contribution in [2.75, 3.05) is 25.1 Å². The highest BCUT2D eigenvalue weighted by atomic mass is 32.2. The molecule has 0 aliphatic heterocycles. The Hall–Kier alpha value is -1.78. The molecule has 2 aliphatic carbocycles. The molecule has 3 N–H and O–H groups in total. The number of thiol groups is 1. The Balaban J connectivity index is 1.48. The van der Waals surface area contributed by atoms with Gasteiger partial charge in [0.15, 0.2) is 0 Å². The summed E-state index contributed by atoms with van der Waals surface area (Å²) >= 11 is 1.15. The van der Waals surface area contributed by atoms with Crippen LogP contribution < -0.4 is 5.32 Å². The molecule has 0 spiro atoms. The number of benzene rings is 1. The molecule has 2 atom stereocenters. The first-order valence-electron chi connectivity index (χ1n) is 10.2. The molecular formula is C21H26N2O5S2. The minimum atomic E-state index is -2.25. The number of fused-ring (bicyclic) bond motifs is 2. The Kier molecular flexibility index (Phi) is 6.84. The number of aliphatic hydroxyl groups excluding tert-OH is 2. The van der Waals surface area contributed by atoms with Gasteiger partial charge in [-0.3, -0.25) is 0 Å². The average molecular weight is 451 g/mol. The van der Waals surface area contributed by atoms with E-state index in [9.17, 15) is 14.1 Å². The largest absolute Gasteiger partial charge is 0.394 e. The SMILES string of the molecule is O=C(/N=[SH](=O)\c1ccc([C@@H](O)COCCO)s1)Nc1c2c(cc3c1CCC3)CCC2. The van der Waals surface area contributed by atoms with E-state index in [1.54, 1.807) is 12.1 Å². The van der Waals surface area contributed by atoms with Crippen molar-refractivity contribution in [1.82, 2.24) is 0 Å². The molecule has 0 saturated heterocycles. The van der Waals surface area contributed by atoms with Crippen LogP contribution in [0.15, 0.2) is 26.8 Å². The van der Waals surface area contributed by atoms with Gasteiger partial charge in [-0.1, -0.05) is 6.07 Å². The number of nitrogens with zero attached hydrogens (tertiary/aromatic N) is 1. The van der Waals surface area contributed by atoms with Crippen LogP contribution >= 0.6 is 11.3 Å². The van der Waals surface area contributed by atoms with Gasteiger partial charge in [0.25, 0.3) is 0 Å². The zero-order valence-electron chi connectivity index (χ0n) is 16.6. The first kappa shape index (κ1) is 21.5. The number of carbonyl (C=O) groups excluding carboxylic acids is 1. The lowest BCUT2D eigenvalue weighted by atomic mass is 9.99. The van der Waals surface area contributed by atoms with Crippen molar-refractivity contribution in [3.05, 3.63) is 45.3 Å². The van der Waals surface area contributed by atoms with Gasteiger partial charge < -0.3 is 20.3 Å². The van der Waals surface area contributed by atoms with Crippen LogP contribution in [0.2, 0.25) is 0 Å².